The van der Waals surface area contributed by atoms with Crippen LogP contribution in [0, 0.1) is 0 Å². The van der Waals surface area contributed by atoms with Gasteiger partial charge in [-0.3, -0.25) is 0 Å². The van der Waals surface area contributed by atoms with Gasteiger partial charge >= 0.3 is 0 Å². The lowest BCUT2D eigenvalue weighted by Crippen LogP contribution is -2.44. The largest absolute Gasteiger partial charge is 0.539 e. The van der Waals surface area contributed by atoms with Gasteiger partial charge in [-0.05, 0) is 31.3 Å². The monoisotopic (exact) mass is 268 g/mol. The van der Waals surface area contributed by atoms with E-state index in [9.17, 15) is 0 Å². The fraction of sp³-hybridized carbons (Fsp3) is 0.176. The predicted molar refractivity (Wildman–Crippen MR) is 84.7 cm³/mol. The molecular formula is C17H20OSi. The Morgan fingerprint density at radius 1 is 0.895 bits per heavy atom. The summed E-state index contributed by atoms with van der Waals surface area (Å²) in [5.74, 6) is 0.973. The van der Waals surface area contributed by atoms with Crippen molar-refractivity contribution in [1.29, 1.82) is 0 Å². The third-order valence-corrected chi connectivity index (χ3v) is 5.61. The van der Waals surface area contributed by atoms with E-state index in [4.69, 9.17) is 4.43 Å². The third kappa shape index (κ3) is 3.35. The van der Waals surface area contributed by atoms with E-state index in [-0.39, 0.29) is 0 Å². The minimum Gasteiger partial charge on any atom is -0.539 e. The highest BCUT2D eigenvalue weighted by Crippen LogP contribution is 2.20. The van der Waals surface area contributed by atoms with Crippen molar-refractivity contribution in [3.63, 3.8) is 0 Å². The van der Waals surface area contributed by atoms with Gasteiger partial charge in [0.15, 0.2) is 0 Å². The first kappa shape index (κ1) is 13.6. The van der Waals surface area contributed by atoms with E-state index in [1.165, 1.54) is 5.19 Å². The van der Waals surface area contributed by atoms with Gasteiger partial charge in [-0.25, -0.2) is 0 Å². The molecule has 0 atom stereocenters. The zero-order chi connectivity index (χ0) is 13.7. The van der Waals surface area contributed by atoms with Crippen LogP contribution in [0.1, 0.15) is 12.5 Å². The van der Waals surface area contributed by atoms with Crippen molar-refractivity contribution in [2.45, 2.75) is 20.0 Å². The van der Waals surface area contributed by atoms with E-state index in [0.29, 0.717) is 0 Å². The van der Waals surface area contributed by atoms with Crippen LogP contribution in [0.5, 0.6) is 0 Å². The fourth-order valence-corrected chi connectivity index (χ4v) is 3.96. The Kier molecular flexibility index (Phi) is 4.22. The van der Waals surface area contributed by atoms with Gasteiger partial charge in [-0.1, -0.05) is 60.7 Å². The highest BCUT2D eigenvalue weighted by molar-refractivity contribution is 6.85. The second-order valence-electron chi connectivity index (χ2n) is 5.00. The number of hydrogen-bond donors (Lipinski definition) is 0. The predicted octanol–water partition coefficient (Wildman–Crippen LogP) is 4.18. The van der Waals surface area contributed by atoms with Crippen LogP contribution in [0.2, 0.25) is 13.1 Å². The lowest BCUT2D eigenvalue weighted by Gasteiger charge is -2.26. The van der Waals surface area contributed by atoms with Gasteiger partial charge < -0.3 is 4.43 Å². The Bertz CT molecular complexity index is 544. The molecular weight excluding hydrogens is 248 g/mol. The molecule has 0 aliphatic heterocycles. The number of hydrogen-bond acceptors (Lipinski definition) is 1. The van der Waals surface area contributed by atoms with Crippen LogP contribution in [0.3, 0.4) is 0 Å². The molecule has 0 aromatic heterocycles. The van der Waals surface area contributed by atoms with Crippen molar-refractivity contribution >= 4 is 19.3 Å². The molecule has 0 amide bonds. The summed E-state index contributed by atoms with van der Waals surface area (Å²) in [5, 5.41) is 1.31. The van der Waals surface area contributed by atoms with E-state index in [1.54, 1.807) is 0 Å². The van der Waals surface area contributed by atoms with Gasteiger partial charge in [-0.15, -0.1) is 0 Å². The number of benzene rings is 2. The molecule has 0 aliphatic carbocycles. The molecule has 0 spiro atoms. The van der Waals surface area contributed by atoms with Gasteiger partial charge in [0.1, 0.15) is 5.76 Å². The van der Waals surface area contributed by atoms with E-state index in [1.807, 2.05) is 37.3 Å². The highest BCUT2D eigenvalue weighted by atomic mass is 28.4. The Hall–Kier alpha value is -1.80. The third-order valence-electron chi connectivity index (χ3n) is 3.15. The van der Waals surface area contributed by atoms with Crippen molar-refractivity contribution in [2.24, 2.45) is 0 Å². The lowest BCUT2D eigenvalue weighted by atomic mass is 10.2. The Morgan fingerprint density at radius 2 is 1.42 bits per heavy atom. The molecule has 0 aliphatic rings. The van der Waals surface area contributed by atoms with E-state index >= 15 is 0 Å². The molecule has 0 radical (unpaired) electrons. The molecule has 2 aromatic carbocycles. The molecule has 0 bridgehead atoms. The minimum absolute atomic E-state index is 0.973. The van der Waals surface area contributed by atoms with Crippen molar-refractivity contribution in [3.8, 4) is 0 Å². The van der Waals surface area contributed by atoms with Gasteiger partial charge in [0.2, 0.25) is 0 Å². The molecule has 1 nitrogen and oxygen atoms in total. The van der Waals surface area contributed by atoms with Crippen molar-refractivity contribution in [3.05, 3.63) is 72.3 Å². The summed E-state index contributed by atoms with van der Waals surface area (Å²) in [4.78, 5) is 0. The molecule has 0 saturated heterocycles. The SMILES string of the molecule is C/C=C(\O[Si](C)(C)c1ccccc1)c1ccccc1. The lowest BCUT2D eigenvalue weighted by molar-refractivity contribution is 0.520. The summed E-state index contributed by atoms with van der Waals surface area (Å²) in [6.45, 7) is 6.49. The van der Waals surface area contributed by atoms with Crippen LogP contribution in [0.25, 0.3) is 5.76 Å². The molecule has 2 rings (SSSR count). The molecule has 0 fully saturated rings. The van der Waals surface area contributed by atoms with Crippen molar-refractivity contribution < 1.29 is 4.43 Å². The van der Waals surface area contributed by atoms with Crippen LogP contribution in [-0.2, 0) is 4.43 Å². The first-order chi connectivity index (χ1) is 9.13. The maximum Gasteiger partial charge on any atom is 0.276 e. The zero-order valence-corrected chi connectivity index (χ0v) is 12.8. The topological polar surface area (TPSA) is 9.23 Å². The van der Waals surface area contributed by atoms with Gasteiger partial charge in [-0.2, -0.15) is 0 Å². The molecule has 0 unspecified atom stereocenters. The number of allylic oxidation sites excluding steroid dienone is 1. The highest BCUT2D eigenvalue weighted by Gasteiger charge is 2.27. The molecule has 2 heteroatoms. The zero-order valence-electron chi connectivity index (χ0n) is 11.8. The van der Waals surface area contributed by atoms with E-state index < -0.39 is 8.32 Å². The van der Waals surface area contributed by atoms with Crippen LogP contribution in [0.15, 0.2) is 66.7 Å². The van der Waals surface area contributed by atoms with Crippen LogP contribution in [0.4, 0.5) is 0 Å². The normalized spacial score (nSPS) is 12.3. The van der Waals surface area contributed by atoms with Crippen molar-refractivity contribution in [2.75, 3.05) is 0 Å². The summed E-state index contributed by atoms with van der Waals surface area (Å²) in [6.07, 6.45) is 2.05. The second kappa shape index (κ2) is 5.89. The minimum atomic E-state index is -1.91. The van der Waals surface area contributed by atoms with Crippen LogP contribution in [-0.4, -0.2) is 8.32 Å². The Labute approximate surface area is 116 Å². The molecule has 0 saturated carbocycles. The Morgan fingerprint density at radius 3 is 1.95 bits per heavy atom. The maximum atomic E-state index is 6.36. The van der Waals surface area contributed by atoms with Crippen LogP contribution >= 0.6 is 0 Å². The molecule has 0 N–H and O–H groups in total. The molecule has 2 aromatic rings. The van der Waals surface area contributed by atoms with Gasteiger partial charge in [0, 0.05) is 5.56 Å². The first-order valence-electron chi connectivity index (χ1n) is 6.60. The standard InChI is InChI=1S/C17H20OSi/c1-4-17(15-11-7-5-8-12-15)18-19(2,3)16-13-9-6-10-14-16/h4-14H,1-3H3/b17-4-. The van der Waals surface area contributed by atoms with Crippen molar-refractivity contribution in [1.82, 2.24) is 0 Å². The first-order valence-corrected chi connectivity index (χ1v) is 9.50. The summed E-state index contributed by atoms with van der Waals surface area (Å²) in [5.41, 5.74) is 1.14. The smallest absolute Gasteiger partial charge is 0.276 e. The quantitative estimate of drug-likeness (QED) is 0.597. The van der Waals surface area contributed by atoms with Gasteiger partial charge in [0.05, 0.1) is 0 Å². The van der Waals surface area contributed by atoms with Crippen LogP contribution < -0.4 is 5.19 Å². The summed E-state index contributed by atoms with van der Waals surface area (Å²) < 4.78 is 6.36. The van der Waals surface area contributed by atoms with E-state index in [2.05, 4.69) is 49.5 Å². The average Bonchev–Trinajstić information content (AvgIpc) is 2.47. The molecule has 98 valence electrons. The summed E-state index contributed by atoms with van der Waals surface area (Å²) >= 11 is 0. The summed E-state index contributed by atoms with van der Waals surface area (Å²) in [6, 6.07) is 20.8. The fourth-order valence-electron chi connectivity index (χ4n) is 2.06. The maximum absolute atomic E-state index is 6.36. The average molecular weight is 268 g/mol. The van der Waals surface area contributed by atoms with Gasteiger partial charge in [0.25, 0.3) is 8.32 Å². The second-order valence-corrected chi connectivity index (χ2v) is 8.80. The number of rotatable bonds is 4. The molecule has 19 heavy (non-hydrogen) atoms. The van der Waals surface area contributed by atoms with E-state index in [0.717, 1.165) is 11.3 Å². The summed E-state index contributed by atoms with van der Waals surface area (Å²) in [7, 11) is -1.91. The Balaban J connectivity index is 2.24. The molecule has 0 heterocycles.